The van der Waals surface area contributed by atoms with Crippen molar-refractivity contribution < 1.29 is 22.7 Å². The van der Waals surface area contributed by atoms with Crippen LogP contribution in [0.4, 0.5) is 18.9 Å². The van der Waals surface area contributed by atoms with Crippen molar-refractivity contribution in [3.63, 3.8) is 0 Å². The zero-order valence-electron chi connectivity index (χ0n) is 12.9. The Morgan fingerprint density at radius 3 is 2.42 bits per heavy atom. The molecular weight excluding hydrogens is 319 g/mol. The number of ether oxygens (including phenoxy) is 1. The molecule has 0 aliphatic carbocycles. The Bertz CT molecular complexity index is 722. The van der Waals surface area contributed by atoms with Gasteiger partial charge in [-0.05, 0) is 43.3 Å². The summed E-state index contributed by atoms with van der Waals surface area (Å²) in [4.78, 5) is 12.0. The third-order valence-electron chi connectivity index (χ3n) is 3.16. The van der Waals surface area contributed by atoms with Gasteiger partial charge in [0.1, 0.15) is 5.75 Å². The van der Waals surface area contributed by atoms with Crippen molar-refractivity contribution in [1.29, 1.82) is 0 Å². The van der Waals surface area contributed by atoms with Crippen LogP contribution in [0.1, 0.15) is 22.8 Å². The van der Waals surface area contributed by atoms with Gasteiger partial charge in [-0.1, -0.05) is 12.1 Å². The first-order valence-electron chi connectivity index (χ1n) is 7.28. The van der Waals surface area contributed by atoms with Gasteiger partial charge in [-0.3, -0.25) is 4.79 Å². The molecule has 2 rings (SSSR count). The number of ketones is 1. The topological polar surface area (TPSA) is 38.3 Å². The van der Waals surface area contributed by atoms with E-state index in [4.69, 9.17) is 4.74 Å². The van der Waals surface area contributed by atoms with Crippen LogP contribution in [0.2, 0.25) is 0 Å². The largest absolute Gasteiger partial charge is 0.494 e. The quantitative estimate of drug-likeness (QED) is 0.602. The number of halogens is 3. The highest BCUT2D eigenvalue weighted by atomic mass is 19.4. The number of carbonyl (C=O) groups excluding carboxylic acids is 1. The molecule has 24 heavy (non-hydrogen) atoms. The number of benzene rings is 2. The van der Waals surface area contributed by atoms with Crippen LogP contribution < -0.4 is 10.1 Å². The van der Waals surface area contributed by atoms with Crippen molar-refractivity contribution in [2.24, 2.45) is 0 Å². The maximum Gasteiger partial charge on any atom is 0.418 e. The molecule has 0 aromatic heterocycles. The van der Waals surface area contributed by atoms with Gasteiger partial charge in [0.2, 0.25) is 0 Å². The number of alkyl halides is 3. The maximum absolute atomic E-state index is 12.9. The van der Waals surface area contributed by atoms with Gasteiger partial charge in [-0.15, -0.1) is 0 Å². The Hall–Kier alpha value is -2.76. The smallest absolute Gasteiger partial charge is 0.418 e. The lowest BCUT2D eigenvalue weighted by Gasteiger charge is -2.11. The number of hydrogen-bond donors (Lipinski definition) is 1. The van der Waals surface area contributed by atoms with E-state index in [2.05, 4.69) is 5.32 Å². The summed E-state index contributed by atoms with van der Waals surface area (Å²) in [5, 5.41) is 2.51. The molecule has 0 amide bonds. The molecule has 0 atom stereocenters. The van der Waals surface area contributed by atoms with Crippen molar-refractivity contribution in [2.45, 2.75) is 13.1 Å². The monoisotopic (exact) mass is 335 g/mol. The van der Waals surface area contributed by atoms with Crippen molar-refractivity contribution >= 4 is 11.5 Å². The molecule has 2 aromatic carbocycles. The van der Waals surface area contributed by atoms with E-state index < -0.39 is 11.7 Å². The van der Waals surface area contributed by atoms with E-state index in [0.29, 0.717) is 17.9 Å². The molecule has 1 N–H and O–H groups in total. The predicted molar refractivity (Wildman–Crippen MR) is 86.1 cm³/mol. The minimum absolute atomic E-state index is 0.110. The average Bonchev–Trinajstić information content (AvgIpc) is 2.55. The summed E-state index contributed by atoms with van der Waals surface area (Å²) in [7, 11) is 0. The minimum atomic E-state index is -4.46. The summed E-state index contributed by atoms with van der Waals surface area (Å²) in [5.41, 5.74) is -0.482. The fourth-order valence-corrected chi connectivity index (χ4v) is 2.04. The van der Waals surface area contributed by atoms with Crippen molar-refractivity contribution in [1.82, 2.24) is 0 Å². The lowest BCUT2D eigenvalue weighted by atomic mass is 10.1. The van der Waals surface area contributed by atoms with Crippen LogP contribution in [0.5, 0.6) is 5.75 Å². The molecular formula is C18H16F3NO2. The lowest BCUT2D eigenvalue weighted by Crippen LogP contribution is -2.08. The van der Waals surface area contributed by atoms with E-state index in [-0.39, 0.29) is 11.5 Å². The molecule has 126 valence electrons. The number of rotatable bonds is 6. The summed E-state index contributed by atoms with van der Waals surface area (Å²) < 4.78 is 43.8. The Morgan fingerprint density at radius 1 is 1.12 bits per heavy atom. The van der Waals surface area contributed by atoms with E-state index in [9.17, 15) is 18.0 Å². The van der Waals surface area contributed by atoms with Crippen LogP contribution in [-0.2, 0) is 6.18 Å². The van der Waals surface area contributed by atoms with Gasteiger partial charge in [0.15, 0.2) is 5.78 Å². The summed E-state index contributed by atoms with van der Waals surface area (Å²) >= 11 is 0. The first-order chi connectivity index (χ1) is 11.4. The van der Waals surface area contributed by atoms with Gasteiger partial charge in [-0.25, -0.2) is 0 Å². The predicted octanol–water partition coefficient (Wildman–Crippen LogP) is 4.91. The van der Waals surface area contributed by atoms with Crippen LogP contribution in [0.15, 0.2) is 60.8 Å². The van der Waals surface area contributed by atoms with Crippen LogP contribution >= 0.6 is 0 Å². The molecule has 6 heteroatoms. The van der Waals surface area contributed by atoms with E-state index in [1.807, 2.05) is 6.92 Å². The third kappa shape index (κ3) is 4.62. The van der Waals surface area contributed by atoms with Crippen molar-refractivity contribution in [2.75, 3.05) is 11.9 Å². The van der Waals surface area contributed by atoms with Gasteiger partial charge in [0, 0.05) is 17.8 Å². The molecule has 0 saturated heterocycles. The molecule has 0 aliphatic rings. The average molecular weight is 335 g/mol. The van der Waals surface area contributed by atoms with Gasteiger partial charge < -0.3 is 10.1 Å². The number of nitrogens with one attached hydrogen (secondary N) is 1. The molecule has 0 spiro atoms. The number of hydrogen-bond acceptors (Lipinski definition) is 3. The number of carbonyl (C=O) groups is 1. The summed E-state index contributed by atoms with van der Waals surface area (Å²) in [5.74, 6) is 0.324. The molecule has 0 unspecified atom stereocenters. The summed E-state index contributed by atoms with van der Waals surface area (Å²) in [6.07, 6.45) is -2.08. The molecule has 2 aromatic rings. The Balaban J connectivity index is 2.05. The number of allylic oxidation sites excluding steroid dienone is 1. The first kappa shape index (κ1) is 17.6. The highest BCUT2D eigenvalue weighted by Gasteiger charge is 2.32. The van der Waals surface area contributed by atoms with Gasteiger partial charge >= 0.3 is 6.18 Å². The standard InChI is InChI=1S/C18H16F3NO2/c1-2-24-14-9-7-13(8-10-14)17(23)11-12-22-16-6-4-3-5-15(16)18(19,20)21/h3-12,22H,2H2,1H3/b12-11+. The third-order valence-corrected chi connectivity index (χ3v) is 3.16. The second-order valence-electron chi connectivity index (χ2n) is 4.84. The zero-order valence-corrected chi connectivity index (χ0v) is 12.9. The fourth-order valence-electron chi connectivity index (χ4n) is 2.04. The highest BCUT2D eigenvalue weighted by Crippen LogP contribution is 2.34. The molecule has 0 heterocycles. The van der Waals surface area contributed by atoms with E-state index in [0.717, 1.165) is 6.07 Å². The van der Waals surface area contributed by atoms with Gasteiger partial charge in [0.05, 0.1) is 17.9 Å². The normalized spacial score (nSPS) is 11.5. The molecule has 0 saturated carbocycles. The van der Waals surface area contributed by atoms with E-state index in [1.54, 1.807) is 24.3 Å². The fraction of sp³-hybridized carbons (Fsp3) is 0.167. The zero-order chi connectivity index (χ0) is 17.6. The Labute approximate surface area is 137 Å². The highest BCUT2D eigenvalue weighted by molar-refractivity contribution is 6.04. The number of anilines is 1. The lowest BCUT2D eigenvalue weighted by molar-refractivity contribution is -0.136. The van der Waals surface area contributed by atoms with E-state index in [1.165, 1.54) is 30.5 Å². The minimum Gasteiger partial charge on any atom is -0.494 e. The van der Waals surface area contributed by atoms with Gasteiger partial charge in [-0.2, -0.15) is 13.2 Å². The Kier molecular flexibility index (Phi) is 5.63. The van der Waals surface area contributed by atoms with Crippen LogP contribution in [0.3, 0.4) is 0 Å². The van der Waals surface area contributed by atoms with Crippen LogP contribution in [0.25, 0.3) is 0 Å². The molecule has 0 aliphatic heterocycles. The summed E-state index contributed by atoms with van der Waals surface area (Å²) in [6, 6.07) is 11.6. The van der Waals surface area contributed by atoms with Crippen molar-refractivity contribution in [3.05, 3.63) is 71.9 Å². The van der Waals surface area contributed by atoms with Gasteiger partial charge in [0.25, 0.3) is 0 Å². The molecule has 0 fully saturated rings. The Morgan fingerprint density at radius 2 is 1.79 bits per heavy atom. The second-order valence-corrected chi connectivity index (χ2v) is 4.84. The van der Waals surface area contributed by atoms with Crippen molar-refractivity contribution in [3.8, 4) is 5.75 Å². The SMILES string of the molecule is CCOc1ccc(C(=O)/C=C/Nc2ccccc2C(F)(F)F)cc1. The first-order valence-corrected chi connectivity index (χ1v) is 7.28. The molecule has 0 bridgehead atoms. The maximum atomic E-state index is 12.9. The number of para-hydroxylation sites is 1. The van der Waals surface area contributed by atoms with Crippen LogP contribution in [-0.4, -0.2) is 12.4 Å². The second kappa shape index (κ2) is 7.68. The molecule has 0 radical (unpaired) electrons. The summed E-state index contributed by atoms with van der Waals surface area (Å²) in [6.45, 7) is 2.38. The molecule has 3 nitrogen and oxygen atoms in total. The van der Waals surface area contributed by atoms with Crippen LogP contribution in [0, 0.1) is 0 Å². The van der Waals surface area contributed by atoms with E-state index >= 15 is 0 Å².